The van der Waals surface area contributed by atoms with E-state index in [1.165, 1.54) is 49.0 Å². The zero-order valence-electron chi connectivity index (χ0n) is 27.6. The Labute approximate surface area is 295 Å². The van der Waals surface area contributed by atoms with Gasteiger partial charge >= 0.3 is 0 Å². The van der Waals surface area contributed by atoms with E-state index in [-0.39, 0.29) is 0 Å². The molecule has 0 aliphatic heterocycles. The van der Waals surface area contributed by atoms with E-state index >= 15 is 0 Å². The van der Waals surface area contributed by atoms with E-state index in [9.17, 15) is 0 Å². The van der Waals surface area contributed by atoms with E-state index in [0.29, 0.717) is 5.69 Å². The van der Waals surface area contributed by atoms with Crippen LogP contribution in [-0.2, 0) is 0 Å². The first kappa shape index (κ1) is 28.9. The van der Waals surface area contributed by atoms with Gasteiger partial charge in [0.1, 0.15) is 0 Å². The Morgan fingerprint density at radius 3 is 1.65 bits per heavy atom. The number of aromatic nitrogens is 2. The minimum atomic E-state index is 0.634. The monoisotopic (exact) mass is 647 g/mol. The SMILES string of the molecule is [C-]#[N+]c1ccc2c(c1)c1cc(-c3c4ccccc4c(-c4ccc5ccccc5c4)c4ccccc34)ccc1n2-c1ccc(-c2cccnc2)cc1. The van der Waals surface area contributed by atoms with Gasteiger partial charge in [0.05, 0.1) is 17.6 Å². The predicted octanol–water partition coefficient (Wildman–Crippen LogP) is 13.2. The van der Waals surface area contributed by atoms with Crippen LogP contribution in [0.2, 0.25) is 0 Å². The first-order chi connectivity index (χ1) is 25.2. The van der Waals surface area contributed by atoms with Crippen LogP contribution in [0.4, 0.5) is 5.69 Å². The number of nitrogens with zero attached hydrogens (tertiary/aromatic N) is 3. The molecule has 0 spiro atoms. The van der Waals surface area contributed by atoms with Crippen molar-refractivity contribution in [3.8, 4) is 39.1 Å². The van der Waals surface area contributed by atoms with Crippen molar-refractivity contribution in [2.24, 2.45) is 0 Å². The summed E-state index contributed by atoms with van der Waals surface area (Å²) >= 11 is 0. The standard InChI is InChI=1S/C48H29N3/c1-49-37-21-25-46-44(29-37)43-28-35(20-24-45(43)51(46)38-22-18-32(19-23-38)36-11-8-26-50-30-36)48-41-14-6-4-12-39(41)47(40-13-5-7-15-42(40)48)34-17-16-31-9-2-3-10-33(31)27-34/h2-30H. The minimum Gasteiger partial charge on any atom is -0.309 e. The molecule has 0 atom stereocenters. The summed E-state index contributed by atoms with van der Waals surface area (Å²) in [6, 6.07) is 58.6. The molecule has 0 aliphatic rings. The highest BCUT2D eigenvalue weighted by atomic mass is 15.0. The zero-order chi connectivity index (χ0) is 33.9. The second-order valence-electron chi connectivity index (χ2n) is 13.1. The molecule has 10 aromatic rings. The summed E-state index contributed by atoms with van der Waals surface area (Å²) in [5.41, 5.74) is 10.9. The molecule has 2 aromatic heterocycles. The van der Waals surface area contributed by atoms with Gasteiger partial charge in [0.2, 0.25) is 0 Å². The molecule has 0 aliphatic carbocycles. The molecule has 2 heterocycles. The molecule has 236 valence electrons. The summed E-state index contributed by atoms with van der Waals surface area (Å²) in [6.07, 6.45) is 3.69. The van der Waals surface area contributed by atoms with E-state index < -0.39 is 0 Å². The van der Waals surface area contributed by atoms with Crippen LogP contribution < -0.4 is 0 Å². The fourth-order valence-corrected chi connectivity index (χ4v) is 7.95. The highest BCUT2D eigenvalue weighted by Gasteiger charge is 2.19. The second kappa shape index (κ2) is 11.6. The third-order valence-electron chi connectivity index (χ3n) is 10.3. The van der Waals surface area contributed by atoms with Crippen molar-refractivity contribution in [2.75, 3.05) is 0 Å². The maximum Gasteiger partial charge on any atom is 0.188 e. The summed E-state index contributed by atoms with van der Waals surface area (Å²) in [4.78, 5) is 8.11. The molecule has 0 bridgehead atoms. The van der Waals surface area contributed by atoms with Crippen molar-refractivity contribution in [1.82, 2.24) is 9.55 Å². The van der Waals surface area contributed by atoms with Crippen molar-refractivity contribution in [1.29, 1.82) is 0 Å². The van der Waals surface area contributed by atoms with Gasteiger partial charge in [-0.25, -0.2) is 4.85 Å². The van der Waals surface area contributed by atoms with E-state index in [1.807, 2.05) is 24.4 Å². The van der Waals surface area contributed by atoms with Gasteiger partial charge in [0.15, 0.2) is 5.69 Å². The van der Waals surface area contributed by atoms with Crippen LogP contribution >= 0.6 is 0 Å². The topological polar surface area (TPSA) is 22.2 Å². The molecular weight excluding hydrogens is 619 g/mol. The van der Waals surface area contributed by atoms with Crippen LogP contribution in [0.25, 0.3) is 98.0 Å². The van der Waals surface area contributed by atoms with E-state index in [2.05, 4.69) is 160 Å². The van der Waals surface area contributed by atoms with Gasteiger partial charge in [-0.2, -0.15) is 0 Å². The van der Waals surface area contributed by atoms with Crippen LogP contribution in [0, 0.1) is 6.57 Å². The average molecular weight is 648 g/mol. The van der Waals surface area contributed by atoms with Gasteiger partial charge in [-0.1, -0.05) is 115 Å². The number of pyridine rings is 1. The molecular formula is C48H29N3. The molecule has 0 amide bonds. The van der Waals surface area contributed by atoms with Crippen LogP contribution in [0.15, 0.2) is 176 Å². The van der Waals surface area contributed by atoms with Gasteiger partial charge in [0.25, 0.3) is 0 Å². The smallest absolute Gasteiger partial charge is 0.188 e. The number of hydrogen-bond donors (Lipinski definition) is 0. The van der Waals surface area contributed by atoms with Crippen LogP contribution in [-0.4, -0.2) is 9.55 Å². The highest BCUT2D eigenvalue weighted by molar-refractivity contribution is 6.22. The van der Waals surface area contributed by atoms with Crippen molar-refractivity contribution in [3.05, 3.63) is 188 Å². The lowest BCUT2D eigenvalue weighted by atomic mass is 9.85. The van der Waals surface area contributed by atoms with Gasteiger partial charge in [-0.15, -0.1) is 0 Å². The van der Waals surface area contributed by atoms with Gasteiger partial charge in [-0.05, 0) is 120 Å². The largest absolute Gasteiger partial charge is 0.309 e. The van der Waals surface area contributed by atoms with Crippen molar-refractivity contribution in [2.45, 2.75) is 0 Å². The van der Waals surface area contributed by atoms with Crippen molar-refractivity contribution < 1.29 is 0 Å². The molecule has 0 radical (unpaired) electrons. The lowest BCUT2D eigenvalue weighted by Crippen LogP contribution is -1.94. The predicted molar refractivity (Wildman–Crippen MR) is 214 cm³/mol. The van der Waals surface area contributed by atoms with Gasteiger partial charge in [0, 0.05) is 23.5 Å². The summed E-state index contributed by atoms with van der Waals surface area (Å²) in [5.74, 6) is 0. The maximum atomic E-state index is 7.81. The molecule has 0 saturated heterocycles. The van der Waals surface area contributed by atoms with Gasteiger partial charge < -0.3 is 4.57 Å². The lowest BCUT2D eigenvalue weighted by molar-refractivity contribution is 1.18. The Hall–Kier alpha value is -7.02. The maximum absolute atomic E-state index is 7.81. The Balaban J connectivity index is 1.22. The number of benzene rings is 8. The van der Waals surface area contributed by atoms with Crippen LogP contribution in [0.3, 0.4) is 0 Å². The Kier molecular flexibility index (Phi) is 6.56. The summed E-state index contributed by atoms with van der Waals surface area (Å²) in [6.45, 7) is 7.81. The molecule has 8 aromatic carbocycles. The van der Waals surface area contributed by atoms with Crippen LogP contribution in [0.1, 0.15) is 0 Å². The molecule has 3 nitrogen and oxygen atoms in total. The Bertz CT molecular complexity index is 2960. The fourth-order valence-electron chi connectivity index (χ4n) is 7.95. The first-order valence-corrected chi connectivity index (χ1v) is 17.1. The Morgan fingerprint density at radius 2 is 1.00 bits per heavy atom. The Morgan fingerprint density at radius 1 is 0.431 bits per heavy atom. The minimum absolute atomic E-state index is 0.634. The fraction of sp³-hybridized carbons (Fsp3) is 0. The molecule has 0 saturated carbocycles. The summed E-state index contributed by atoms with van der Waals surface area (Å²) in [7, 11) is 0. The van der Waals surface area contributed by atoms with Gasteiger partial charge in [-0.3, -0.25) is 4.98 Å². The molecule has 0 unspecified atom stereocenters. The quantitative estimate of drug-likeness (QED) is 0.138. The third kappa shape index (κ3) is 4.62. The molecule has 51 heavy (non-hydrogen) atoms. The van der Waals surface area contributed by atoms with E-state index in [0.717, 1.165) is 44.2 Å². The molecule has 0 fully saturated rings. The zero-order valence-corrected chi connectivity index (χ0v) is 27.6. The van der Waals surface area contributed by atoms with Crippen molar-refractivity contribution in [3.63, 3.8) is 0 Å². The average Bonchev–Trinajstić information content (AvgIpc) is 3.53. The first-order valence-electron chi connectivity index (χ1n) is 17.1. The molecule has 3 heteroatoms. The second-order valence-corrected chi connectivity index (χ2v) is 13.1. The third-order valence-corrected chi connectivity index (χ3v) is 10.3. The molecule has 10 rings (SSSR count). The summed E-state index contributed by atoms with van der Waals surface area (Å²) in [5, 5.41) is 9.56. The lowest BCUT2D eigenvalue weighted by Gasteiger charge is -2.18. The van der Waals surface area contributed by atoms with Crippen LogP contribution in [0.5, 0.6) is 0 Å². The highest BCUT2D eigenvalue weighted by Crippen LogP contribution is 2.45. The van der Waals surface area contributed by atoms with E-state index in [1.54, 1.807) is 6.20 Å². The van der Waals surface area contributed by atoms with E-state index in [4.69, 9.17) is 6.57 Å². The normalized spacial score (nSPS) is 11.5. The molecule has 0 N–H and O–H groups in total. The number of hydrogen-bond acceptors (Lipinski definition) is 1. The summed E-state index contributed by atoms with van der Waals surface area (Å²) < 4.78 is 2.31. The number of fused-ring (bicyclic) bond motifs is 6. The van der Waals surface area contributed by atoms with Crippen molar-refractivity contribution >= 4 is 59.8 Å². The number of rotatable bonds is 4.